The Bertz CT molecular complexity index is 316. The van der Waals surface area contributed by atoms with E-state index in [0.717, 1.165) is 6.54 Å². The Labute approximate surface area is 98.2 Å². The zero-order valence-corrected chi connectivity index (χ0v) is 10.6. The second-order valence-corrected chi connectivity index (χ2v) is 5.51. The number of nitrogens with zero attached hydrogens (tertiary/aromatic N) is 2. The monoisotopic (exact) mass is 221 g/mol. The highest BCUT2D eigenvalue weighted by Gasteiger charge is 2.42. The lowest BCUT2D eigenvalue weighted by Crippen LogP contribution is -2.43. The minimum absolute atomic E-state index is 0.381. The Kier molecular flexibility index (Phi) is 3.33. The van der Waals surface area contributed by atoms with Crippen molar-refractivity contribution in [2.45, 2.75) is 52.1 Å². The largest absolute Gasteiger partial charge is 0.311 e. The van der Waals surface area contributed by atoms with Crippen LogP contribution in [0.25, 0.3) is 0 Å². The zero-order chi connectivity index (χ0) is 11.6. The molecule has 16 heavy (non-hydrogen) atoms. The van der Waals surface area contributed by atoms with Gasteiger partial charge in [-0.1, -0.05) is 20.8 Å². The number of rotatable bonds is 4. The van der Waals surface area contributed by atoms with Crippen molar-refractivity contribution in [1.29, 1.82) is 0 Å². The van der Waals surface area contributed by atoms with Crippen LogP contribution in [0.1, 0.15) is 46.1 Å². The third-order valence-electron chi connectivity index (χ3n) is 3.79. The number of nitrogens with one attached hydrogen (secondary N) is 1. The van der Waals surface area contributed by atoms with Crippen molar-refractivity contribution in [3.63, 3.8) is 0 Å². The molecule has 0 amide bonds. The second-order valence-electron chi connectivity index (χ2n) is 5.51. The number of hydrogen-bond donors (Lipinski definition) is 1. The summed E-state index contributed by atoms with van der Waals surface area (Å²) >= 11 is 0. The summed E-state index contributed by atoms with van der Waals surface area (Å²) in [5.74, 6) is 0. The van der Waals surface area contributed by atoms with Crippen molar-refractivity contribution >= 4 is 0 Å². The molecule has 1 heterocycles. The number of aromatic nitrogens is 2. The van der Waals surface area contributed by atoms with Crippen LogP contribution in [0.4, 0.5) is 0 Å². The number of hydrogen-bond acceptors (Lipinski definition) is 2. The van der Waals surface area contributed by atoms with Gasteiger partial charge in [0.25, 0.3) is 0 Å². The quantitative estimate of drug-likeness (QED) is 0.847. The van der Waals surface area contributed by atoms with Gasteiger partial charge in [0.15, 0.2) is 0 Å². The molecule has 1 aliphatic rings. The topological polar surface area (TPSA) is 29.9 Å². The normalized spacial score (nSPS) is 28.4. The third-order valence-corrected chi connectivity index (χ3v) is 3.79. The van der Waals surface area contributed by atoms with E-state index in [-0.39, 0.29) is 0 Å². The Morgan fingerprint density at radius 3 is 2.94 bits per heavy atom. The molecule has 0 saturated heterocycles. The standard InChI is InChI=1S/C13H23N3/c1-4-8-14-12-11(6-7-13(12,2)3)16-10-5-9-15-16/h5,9-12,14H,4,6-8H2,1-3H3. The summed E-state index contributed by atoms with van der Waals surface area (Å²) in [6, 6.07) is 3.09. The van der Waals surface area contributed by atoms with Gasteiger partial charge in [-0.3, -0.25) is 4.68 Å². The molecule has 1 aromatic heterocycles. The molecule has 2 unspecified atom stereocenters. The molecule has 1 aromatic rings. The first-order valence-electron chi connectivity index (χ1n) is 6.37. The van der Waals surface area contributed by atoms with Crippen molar-refractivity contribution in [2.24, 2.45) is 5.41 Å². The van der Waals surface area contributed by atoms with Gasteiger partial charge in [0, 0.05) is 18.4 Å². The van der Waals surface area contributed by atoms with Gasteiger partial charge in [0.05, 0.1) is 6.04 Å². The maximum atomic E-state index is 4.40. The van der Waals surface area contributed by atoms with Crippen LogP contribution >= 0.6 is 0 Å². The van der Waals surface area contributed by atoms with Crippen molar-refractivity contribution in [2.75, 3.05) is 6.54 Å². The smallest absolute Gasteiger partial charge is 0.0677 e. The molecule has 1 aliphatic carbocycles. The van der Waals surface area contributed by atoms with E-state index in [0.29, 0.717) is 17.5 Å². The maximum Gasteiger partial charge on any atom is 0.0677 e. The molecule has 1 fully saturated rings. The predicted octanol–water partition coefficient (Wildman–Crippen LogP) is 2.61. The molecule has 3 nitrogen and oxygen atoms in total. The summed E-state index contributed by atoms with van der Waals surface area (Å²) in [4.78, 5) is 0. The maximum absolute atomic E-state index is 4.40. The first-order chi connectivity index (χ1) is 7.65. The van der Waals surface area contributed by atoms with Crippen LogP contribution < -0.4 is 5.32 Å². The average Bonchev–Trinajstić information content (AvgIpc) is 2.83. The van der Waals surface area contributed by atoms with Crippen molar-refractivity contribution in [1.82, 2.24) is 15.1 Å². The van der Waals surface area contributed by atoms with Gasteiger partial charge in [-0.15, -0.1) is 0 Å². The molecule has 0 radical (unpaired) electrons. The van der Waals surface area contributed by atoms with E-state index >= 15 is 0 Å². The van der Waals surface area contributed by atoms with E-state index in [2.05, 4.69) is 42.1 Å². The molecule has 0 aliphatic heterocycles. The summed E-state index contributed by atoms with van der Waals surface area (Å²) in [7, 11) is 0. The van der Waals surface area contributed by atoms with Crippen LogP contribution in [-0.4, -0.2) is 22.4 Å². The molecule has 1 N–H and O–H groups in total. The van der Waals surface area contributed by atoms with E-state index in [9.17, 15) is 0 Å². The van der Waals surface area contributed by atoms with E-state index in [1.54, 1.807) is 0 Å². The fraction of sp³-hybridized carbons (Fsp3) is 0.769. The van der Waals surface area contributed by atoms with Gasteiger partial charge in [0.1, 0.15) is 0 Å². The highest BCUT2D eigenvalue weighted by molar-refractivity contribution is 4.99. The van der Waals surface area contributed by atoms with Crippen LogP contribution in [0.5, 0.6) is 0 Å². The van der Waals surface area contributed by atoms with Crippen LogP contribution in [0.2, 0.25) is 0 Å². The lowest BCUT2D eigenvalue weighted by Gasteiger charge is -2.31. The molecule has 2 rings (SSSR count). The fourth-order valence-electron chi connectivity index (χ4n) is 2.84. The van der Waals surface area contributed by atoms with Gasteiger partial charge in [-0.25, -0.2) is 0 Å². The Morgan fingerprint density at radius 1 is 1.50 bits per heavy atom. The molecule has 90 valence electrons. The summed E-state index contributed by atoms with van der Waals surface area (Å²) in [5, 5.41) is 8.10. The van der Waals surface area contributed by atoms with Crippen LogP contribution in [0.3, 0.4) is 0 Å². The first kappa shape index (κ1) is 11.6. The highest BCUT2D eigenvalue weighted by Crippen LogP contribution is 2.43. The second kappa shape index (κ2) is 4.58. The van der Waals surface area contributed by atoms with Crippen molar-refractivity contribution in [3.05, 3.63) is 18.5 Å². The van der Waals surface area contributed by atoms with Gasteiger partial charge in [0.2, 0.25) is 0 Å². The Hall–Kier alpha value is -0.830. The molecule has 0 aromatic carbocycles. The van der Waals surface area contributed by atoms with Crippen LogP contribution in [-0.2, 0) is 0 Å². The molecule has 3 heteroatoms. The summed E-state index contributed by atoms with van der Waals surface area (Å²) in [6.07, 6.45) is 7.67. The Morgan fingerprint density at radius 2 is 2.31 bits per heavy atom. The average molecular weight is 221 g/mol. The minimum Gasteiger partial charge on any atom is -0.311 e. The summed E-state index contributed by atoms with van der Waals surface area (Å²) in [5.41, 5.74) is 0.381. The molecular formula is C13H23N3. The van der Waals surface area contributed by atoms with E-state index in [1.165, 1.54) is 19.3 Å². The molecule has 0 spiro atoms. The SMILES string of the molecule is CCCNC1C(n2cccn2)CCC1(C)C. The summed E-state index contributed by atoms with van der Waals surface area (Å²) < 4.78 is 2.13. The van der Waals surface area contributed by atoms with Gasteiger partial charge in [-0.05, 0) is 37.3 Å². The van der Waals surface area contributed by atoms with Crippen LogP contribution in [0.15, 0.2) is 18.5 Å². The van der Waals surface area contributed by atoms with Crippen molar-refractivity contribution in [3.8, 4) is 0 Å². The molecule has 2 atom stereocenters. The van der Waals surface area contributed by atoms with Crippen LogP contribution in [0, 0.1) is 5.41 Å². The molecular weight excluding hydrogens is 198 g/mol. The first-order valence-corrected chi connectivity index (χ1v) is 6.37. The van der Waals surface area contributed by atoms with Crippen molar-refractivity contribution < 1.29 is 0 Å². The molecule has 1 saturated carbocycles. The van der Waals surface area contributed by atoms with Gasteiger partial charge < -0.3 is 5.32 Å². The summed E-state index contributed by atoms with van der Waals surface area (Å²) in [6.45, 7) is 8.05. The van der Waals surface area contributed by atoms with E-state index in [4.69, 9.17) is 0 Å². The zero-order valence-electron chi connectivity index (χ0n) is 10.6. The predicted molar refractivity (Wildman–Crippen MR) is 66.4 cm³/mol. The van der Waals surface area contributed by atoms with Gasteiger partial charge in [-0.2, -0.15) is 5.10 Å². The minimum atomic E-state index is 0.381. The lowest BCUT2D eigenvalue weighted by molar-refractivity contribution is 0.241. The Balaban J connectivity index is 2.13. The fourth-order valence-corrected chi connectivity index (χ4v) is 2.84. The highest BCUT2D eigenvalue weighted by atomic mass is 15.3. The van der Waals surface area contributed by atoms with E-state index < -0.39 is 0 Å². The van der Waals surface area contributed by atoms with E-state index in [1.807, 2.05) is 12.3 Å². The molecule has 0 bridgehead atoms. The third kappa shape index (κ3) is 2.14. The lowest BCUT2D eigenvalue weighted by atomic mass is 9.86. The van der Waals surface area contributed by atoms with Gasteiger partial charge >= 0.3 is 0 Å².